The highest BCUT2D eigenvalue weighted by Crippen LogP contribution is 2.30. The standard InChI is InChI=1S/C13H14BrNO3/c1-17-8-7-15-10-6-4-3-5-9(10)11(12(15)14)13(16)18-2/h3-6H,7-8H2,1-2H3. The van der Waals surface area contributed by atoms with Crippen LogP contribution >= 0.6 is 15.9 Å². The molecular formula is C13H14BrNO3. The first kappa shape index (κ1) is 13.1. The molecule has 2 rings (SSSR count). The zero-order valence-corrected chi connectivity index (χ0v) is 11.9. The number of aromatic nitrogens is 1. The number of para-hydroxylation sites is 1. The van der Waals surface area contributed by atoms with Crippen LogP contribution in [0.1, 0.15) is 10.4 Å². The summed E-state index contributed by atoms with van der Waals surface area (Å²) in [6.07, 6.45) is 0. The lowest BCUT2D eigenvalue weighted by atomic mass is 10.2. The normalized spacial score (nSPS) is 10.8. The summed E-state index contributed by atoms with van der Waals surface area (Å²) in [7, 11) is 3.04. The molecule has 18 heavy (non-hydrogen) atoms. The topological polar surface area (TPSA) is 40.5 Å². The molecule has 0 aliphatic rings. The van der Waals surface area contributed by atoms with E-state index < -0.39 is 0 Å². The second-order valence-corrected chi connectivity index (χ2v) is 4.57. The third-order valence-corrected chi connectivity index (χ3v) is 3.64. The smallest absolute Gasteiger partial charge is 0.341 e. The molecule has 0 saturated heterocycles. The summed E-state index contributed by atoms with van der Waals surface area (Å²) in [6, 6.07) is 7.73. The molecule has 0 unspecified atom stereocenters. The van der Waals surface area contributed by atoms with Gasteiger partial charge in [-0.25, -0.2) is 4.79 Å². The average molecular weight is 312 g/mol. The number of rotatable bonds is 4. The van der Waals surface area contributed by atoms with Crippen molar-refractivity contribution in [1.29, 1.82) is 0 Å². The largest absolute Gasteiger partial charge is 0.465 e. The highest BCUT2D eigenvalue weighted by molar-refractivity contribution is 9.10. The number of carbonyl (C=O) groups excluding carboxylic acids is 1. The fourth-order valence-corrected chi connectivity index (χ4v) is 2.71. The van der Waals surface area contributed by atoms with Crippen LogP contribution in [-0.4, -0.2) is 31.4 Å². The Morgan fingerprint density at radius 3 is 2.72 bits per heavy atom. The summed E-state index contributed by atoms with van der Waals surface area (Å²) >= 11 is 3.47. The molecule has 96 valence electrons. The molecule has 1 heterocycles. The van der Waals surface area contributed by atoms with Gasteiger partial charge in [-0.15, -0.1) is 0 Å². The number of carbonyl (C=O) groups is 1. The molecule has 0 N–H and O–H groups in total. The van der Waals surface area contributed by atoms with Crippen molar-refractivity contribution in [3.8, 4) is 0 Å². The summed E-state index contributed by atoms with van der Waals surface area (Å²) in [5.74, 6) is -0.339. The predicted molar refractivity (Wildman–Crippen MR) is 72.9 cm³/mol. The number of nitrogens with zero attached hydrogens (tertiary/aromatic N) is 1. The lowest BCUT2D eigenvalue weighted by Gasteiger charge is -2.06. The second-order valence-electron chi connectivity index (χ2n) is 3.82. The van der Waals surface area contributed by atoms with Gasteiger partial charge in [0, 0.05) is 24.6 Å². The van der Waals surface area contributed by atoms with E-state index in [1.807, 2.05) is 28.8 Å². The third-order valence-electron chi connectivity index (χ3n) is 2.82. The fourth-order valence-electron chi connectivity index (χ4n) is 1.97. The van der Waals surface area contributed by atoms with Gasteiger partial charge >= 0.3 is 5.97 Å². The molecule has 4 nitrogen and oxygen atoms in total. The van der Waals surface area contributed by atoms with Crippen LogP contribution in [0.25, 0.3) is 10.9 Å². The molecule has 0 amide bonds. The van der Waals surface area contributed by atoms with Gasteiger partial charge in [-0.05, 0) is 22.0 Å². The number of esters is 1. The van der Waals surface area contributed by atoms with E-state index in [9.17, 15) is 4.79 Å². The van der Waals surface area contributed by atoms with Crippen LogP contribution in [-0.2, 0) is 16.0 Å². The van der Waals surface area contributed by atoms with Crippen LogP contribution in [0.3, 0.4) is 0 Å². The molecule has 1 aromatic carbocycles. The number of hydrogen-bond acceptors (Lipinski definition) is 3. The maximum atomic E-state index is 11.8. The first-order valence-electron chi connectivity index (χ1n) is 5.54. The quantitative estimate of drug-likeness (QED) is 0.815. The number of halogens is 1. The Bertz CT molecular complexity index is 577. The zero-order valence-electron chi connectivity index (χ0n) is 10.3. The Labute approximate surface area is 114 Å². The van der Waals surface area contributed by atoms with Crippen molar-refractivity contribution in [2.75, 3.05) is 20.8 Å². The average Bonchev–Trinajstić information content (AvgIpc) is 2.68. The van der Waals surface area contributed by atoms with E-state index in [0.717, 1.165) is 15.5 Å². The van der Waals surface area contributed by atoms with Gasteiger partial charge in [-0.2, -0.15) is 0 Å². The van der Waals surface area contributed by atoms with Crippen molar-refractivity contribution in [2.45, 2.75) is 6.54 Å². The molecule has 5 heteroatoms. The minimum absolute atomic E-state index is 0.339. The SMILES string of the molecule is COCCn1c(Br)c(C(=O)OC)c2ccccc21. The highest BCUT2D eigenvalue weighted by atomic mass is 79.9. The molecule has 0 aliphatic heterocycles. The first-order valence-corrected chi connectivity index (χ1v) is 6.34. The van der Waals surface area contributed by atoms with Crippen LogP contribution in [0.15, 0.2) is 28.9 Å². The van der Waals surface area contributed by atoms with Crippen LogP contribution in [0, 0.1) is 0 Å². The van der Waals surface area contributed by atoms with Crippen LogP contribution in [0.2, 0.25) is 0 Å². The lowest BCUT2D eigenvalue weighted by molar-refractivity contribution is 0.0601. The molecule has 0 radical (unpaired) electrons. The van der Waals surface area contributed by atoms with Crippen molar-refractivity contribution >= 4 is 32.8 Å². The highest BCUT2D eigenvalue weighted by Gasteiger charge is 2.20. The van der Waals surface area contributed by atoms with Gasteiger partial charge in [0.25, 0.3) is 0 Å². The van der Waals surface area contributed by atoms with Gasteiger partial charge in [0.15, 0.2) is 0 Å². The second kappa shape index (κ2) is 5.54. The molecule has 0 saturated carbocycles. The Hall–Kier alpha value is -1.33. The first-order chi connectivity index (χ1) is 8.70. The van der Waals surface area contributed by atoms with E-state index in [2.05, 4.69) is 15.9 Å². The fraction of sp³-hybridized carbons (Fsp3) is 0.308. The summed E-state index contributed by atoms with van der Waals surface area (Å²) in [6.45, 7) is 1.26. The Morgan fingerprint density at radius 2 is 2.06 bits per heavy atom. The van der Waals surface area contributed by atoms with Gasteiger partial charge in [0.05, 0.1) is 19.3 Å². The maximum absolute atomic E-state index is 11.8. The van der Waals surface area contributed by atoms with E-state index in [4.69, 9.17) is 9.47 Å². The monoisotopic (exact) mass is 311 g/mol. The van der Waals surface area contributed by atoms with E-state index in [-0.39, 0.29) is 5.97 Å². The van der Waals surface area contributed by atoms with Crippen molar-refractivity contribution in [2.24, 2.45) is 0 Å². The third kappa shape index (κ3) is 2.15. The predicted octanol–water partition coefficient (Wildman–Crippen LogP) is 2.84. The summed E-state index contributed by atoms with van der Waals surface area (Å²) in [5, 5.41) is 0.882. The van der Waals surface area contributed by atoms with E-state index in [1.54, 1.807) is 7.11 Å². The van der Waals surface area contributed by atoms with Crippen LogP contribution in [0.5, 0.6) is 0 Å². The summed E-state index contributed by atoms with van der Waals surface area (Å²) in [5.41, 5.74) is 1.55. The van der Waals surface area contributed by atoms with Crippen LogP contribution in [0.4, 0.5) is 0 Å². The van der Waals surface area contributed by atoms with Gasteiger partial charge in [-0.3, -0.25) is 0 Å². The van der Waals surface area contributed by atoms with Gasteiger partial charge in [-0.1, -0.05) is 18.2 Å². The van der Waals surface area contributed by atoms with Crippen LogP contribution < -0.4 is 0 Å². The maximum Gasteiger partial charge on any atom is 0.341 e. The number of benzene rings is 1. The number of hydrogen-bond donors (Lipinski definition) is 0. The van der Waals surface area contributed by atoms with Gasteiger partial charge in [0.1, 0.15) is 4.60 Å². The number of ether oxygens (including phenoxy) is 2. The Balaban J connectivity index is 2.63. The molecule has 0 bridgehead atoms. The zero-order chi connectivity index (χ0) is 13.1. The van der Waals surface area contributed by atoms with E-state index >= 15 is 0 Å². The van der Waals surface area contributed by atoms with Gasteiger partial charge in [0.2, 0.25) is 0 Å². The minimum atomic E-state index is -0.339. The molecule has 0 fully saturated rings. The Kier molecular flexibility index (Phi) is 4.04. The molecule has 0 aliphatic carbocycles. The molecule has 0 spiro atoms. The summed E-state index contributed by atoms with van der Waals surface area (Å²) < 4.78 is 12.7. The molecule has 0 atom stereocenters. The van der Waals surface area contributed by atoms with Gasteiger partial charge < -0.3 is 14.0 Å². The molecular weight excluding hydrogens is 298 g/mol. The number of fused-ring (bicyclic) bond motifs is 1. The molecule has 2 aromatic rings. The minimum Gasteiger partial charge on any atom is -0.465 e. The lowest BCUT2D eigenvalue weighted by Crippen LogP contribution is -2.06. The van der Waals surface area contributed by atoms with E-state index in [1.165, 1.54) is 7.11 Å². The van der Waals surface area contributed by atoms with E-state index in [0.29, 0.717) is 18.7 Å². The van der Waals surface area contributed by atoms with Crippen molar-refractivity contribution in [3.05, 3.63) is 34.4 Å². The summed E-state index contributed by atoms with van der Waals surface area (Å²) in [4.78, 5) is 11.8. The van der Waals surface area contributed by atoms with Crippen molar-refractivity contribution in [3.63, 3.8) is 0 Å². The molecule has 1 aromatic heterocycles. The Morgan fingerprint density at radius 1 is 1.33 bits per heavy atom. The van der Waals surface area contributed by atoms with Crippen molar-refractivity contribution in [1.82, 2.24) is 4.57 Å². The number of methoxy groups -OCH3 is 2. The van der Waals surface area contributed by atoms with Crippen molar-refractivity contribution < 1.29 is 14.3 Å².